The van der Waals surface area contributed by atoms with Gasteiger partial charge in [0.15, 0.2) is 0 Å². The number of aryl methyl sites for hydroxylation is 1. The highest BCUT2D eigenvalue weighted by molar-refractivity contribution is 5.94. The van der Waals surface area contributed by atoms with Crippen LogP contribution >= 0.6 is 0 Å². The standard InChI is InChI=1S/C16H19N7O2/c1-12-17-8-15(19-12)10-22(6-7-24)16(25)14-4-2-13(3-5-14)9-23-11-18-20-21-23/h2-5,8,11,24H,6-7,9-10H2,1H3,(H,17,19). The molecule has 25 heavy (non-hydrogen) atoms. The maximum Gasteiger partial charge on any atom is 0.254 e. The zero-order valence-electron chi connectivity index (χ0n) is 13.8. The summed E-state index contributed by atoms with van der Waals surface area (Å²) in [6, 6.07) is 7.27. The number of benzene rings is 1. The molecule has 0 atom stereocenters. The second kappa shape index (κ2) is 7.67. The molecule has 0 aliphatic rings. The van der Waals surface area contributed by atoms with E-state index in [9.17, 15) is 9.90 Å². The lowest BCUT2D eigenvalue weighted by Gasteiger charge is -2.21. The van der Waals surface area contributed by atoms with E-state index in [0.29, 0.717) is 18.7 Å². The van der Waals surface area contributed by atoms with Crippen molar-refractivity contribution < 1.29 is 9.90 Å². The molecule has 0 unspecified atom stereocenters. The molecule has 0 saturated carbocycles. The number of tetrazole rings is 1. The SMILES string of the molecule is Cc1ncc(CN(CCO)C(=O)c2ccc(Cn3cnnn3)cc2)[nH]1. The average Bonchev–Trinajstić information content (AvgIpc) is 3.26. The van der Waals surface area contributed by atoms with Crippen molar-refractivity contribution in [2.45, 2.75) is 20.0 Å². The number of nitrogens with one attached hydrogen (secondary N) is 1. The highest BCUT2D eigenvalue weighted by Crippen LogP contribution is 2.11. The first-order valence-electron chi connectivity index (χ1n) is 7.86. The molecule has 9 nitrogen and oxygen atoms in total. The van der Waals surface area contributed by atoms with Crippen molar-refractivity contribution in [2.75, 3.05) is 13.2 Å². The molecular weight excluding hydrogens is 322 g/mol. The Morgan fingerprint density at radius 1 is 1.32 bits per heavy atom. The van der Waals surface area contributed by atoms with Gasteiger partial charge in [0.05, 0.1) is 31.6 Å². The summed E-state index contributed by atoms with van der Waals surface area (Å²) < 4.78 is 1.61. The van der Waals surface area contributed by atoms with Gasteiger partial charge in [0.1, 0.15) is 12.2 Å². The quantitative estimate of drug-likeness (QED) is 0.643. The van der Waals surface area contributed by atoms with Crippen LogP contribution in [0.25, 0.3) is 0 Å². The predicted molar refractivity (Wildman–Crippen MR) is 88.5 cm³/mol. The molecule has 9 heteroatoms. The summed E-state index contributed by atoms with van der Waals surface area (Å²) >= 11 is 0. The van der Waals surface area contributed by atoms with Crippen LogP contribution in [0.3, 0.4) is 0 Å². The van der Waals surface area contributed by atoms with Crippen molar-refractivity contribution in [2.24, 2.45) is 0 Å². The van der Waals surface area contributed by atoms with Gasteiger partial charge in [-0.3, -0.25) is 4.79 Å². The molecular formula is C16H19N7O2. The summed E-state index contributed by atoms with van der Waals surface area (Å²) in [5.41, 5.74) is 2.38. The van der Waals surface area contributed by atoms with Gasteiger partial charge in [-0.1, -0.05) is 12.1 Å². The molecule has 2 N–H and O–H groups in total. The molecule has 1 amide bonds. The molecule has 1 aromatic carbocycles. The van der Waals surface area contributed by atoms with Crippen molar-refractivity contribution in [3.05, 3.63) is 59.4 Å². The number of aromatic amines is 1. The monoisotopic (exact) mass is 341 g/mol. The molecule has 0 saturated heterocycles. The van der Waals surface area contributed by atoms with Crippen LogP contribution in [0.2, 0.25) is 0 Å². The Balaban J connectivity index is 1.70. The van der Waals surface area contributed by atoms with E-state index in [1.165, 1.54) is 6.33 Å². The van der Waals surface area contributed by atoms with Crippen LogP contribution in [0.15, 0.2) is 36.8 Å². The molecule has 0 bridgehead atoms. The van der Waals surface area contributed by atoms with Crippen LogP contribution in [-0.2, 0) is 13.1 Å². The van der Waals surface area contributed by atoms with Gasteiger partial charge >= 0.3 is 0 Å². The molecule has 3 aromatic rings. The fraction of sp³-hybridized carbons (Fsp3) is 0.312. The number of aliphatic hydroxyl groups excluding tert-OH is 1. The number of aromatic nitrogens is 6. The van der Waals surface area contributed by atoms with Crippen LogP contribution in [0.4, 0.5) is 0 Å². The van der Waals surface area contributed by atoms with Gasteiger partial charge in [-0.25, -0.2) is 9.67 Å². The Morgan fingerprint density at radius 2 is 2.12 bits per heavy atom. The van der Waals surface area contributed by atoms with Crippen molar-refractivity contribution in [1.29, 1.82) is 0 Å². The van der Waals surface area contributed by atoms with E-state index in [0.717, 1.165) is 17.1 Å². The van der Waals surface area contributed by atoms with Crippen molar-refractivity contribution in [3.8, 4) is 0 Å². The van der Waals surface area contributed by atoms with Crippen LogP contribution in [0.5, 0.6) is 0 Å². The Kier molecular flexibility index (Phi) is 5.14. The Morgan fingerprint density at radius 3 is 2.72 bits per heavy atom. The third-order valence-corrected chi connectivity index (χ3v) is 3.71. The van der Waals surface area contributed by atoms with Crippen LogP contribution in [0.1, 0.15) is 27.4 Å². The smallest absolute Gasteiger partial charge is 0.254 e. The van der Waals surface area contributed by atoms with Gasteiger partial charge in [-0.05, 0) is 35.0 Å². The first kappa shape index (κ1) is 16.8. The summed E-state index contributed by atoms with van der Waals surface area (Å²) in [5.74, 6) is 0.647. The second-order valence-electron chi connectivity index (χ2n) is 5.65. The molecule has 0 aliphatic heterocycles. The van der Waals surface area contributed by atoms with Gasteiger partial charge in [0.25, 0.3) is 5.91 Å². The van der Waals surface area contributed by atoms with E-state index < -0.39 is 0 Å². The number of imidazole rings is 1. The largest absolute Gasteiger partial charge is 0.395 e. The topological polar surface area (TPSA) is 113 Å². The van der Waals surface area contributed by atoms with Crippen LogP contribution < -0.4 is 0 Å². The Bertz CT molecular complexity index is 811. The minimum absolute atomic E-state index is 0.101. The minimum atomic E-state index is -0.143. The molecule has 0 radical (unpaired) electrons. The molecule has 2 heterocycles. The first-order valence-corrected chi connectivity index (χ1v) is 7.86. The van der Waals surface area contributed by atoms with E-state index >= 15 is 0 Å². The van der Waals surface area contributed by atoms with Gasteiger partial charge < -0.3 is 15.0 Å². The summed E-state index contributed by atoms with van der Waals surface area (Å²) in [7, 11) is 0. The summed E-state index contributed by atoms with van der Waals surface area (Å²) in [6.07, 6.45) is 3.23. The van der Waals surface area contributed by atoms with E-state index in [2.05, 4.69) is 25.5 Å². The van der Waals surface area contributed by atoms with Crippen molar-refractivity contribution in [3.63, 3.8) is 0 Å². The van der Waals surface area contributed by atoms with Crippen molar-refractivity contribution in [1.82, 2.24) is 35.1 Å². The number of carbonyl (C=O) groups is 1. The Labute approximate surface area is 144 Å². The molecule has 0 fully saturated rings. The summed E-state index contributed by atoms with van der Waals surface area (Å²) in [4.78, 5) is 21.5. The lowest BCUT2D eigenvalue weighted by Crippen LogP contribution is -2.33. The fourth-order valence-corrected chi connectivity index (χ4v) is 2.51. The van der Waals surface area contributed by atoms with E-state index in [-0.39, 0.29) is 19.1 Å². The zero-order valence-corrected chi connectivity index (χ0v) is 13.8. The number of hydrogen-bond acceptors (Lipinski definition) is 6. The number of hydrogen-bond donors (Lipinski definition) is 2. The number of aliphatic hydroxyl groups is 1. The summed E-state index contributed by atoms with van der Waals surface area (Å²) in [6.45, 7) is 2.91. The third kappa shape index (κ3) is 4.27. The maximum atomic E-state index is 12.7. The highest BCUT2D eigenvalue weighted by atomic mass is 16.3. The lowest BCUT2D eigenvalue weighted by atomic mass is 10.1. The number of amides is 1. The second-order valence-corrected chi connectivity index (χ2v) is 5.65. The molecule has 0 spiro atoms. The number of H-pyrrole nitrogens is 1. The zero-order chi connectivity index (χ0) is 17.6. The maximum absolute atomic E-state index is 12.7. The molecule has 2 aromatic heterocycles. The number of carbonyl (C=O) groups excluding carboxylic acids is 1. The third-order valence-electron chi connectivity index (χ3n) is 3.71. The lowest BCUT2D eigenvalue weighted by molar-refractivity contribution is 0.0705. The molecule has 3 rings (SSSR count). The predicted octanol–water partition coefficient (Wildman–Crippen LogP) is 0.388. The van der Waals surface area contributed by atoms with Gasteiger partial charge in [-0.2, -0.15) is 0 Å². The van der Waals surface area contributed by atoms with Crippen LogP contribution in [-0.4, -0.2) is 59.2 Å². The van der Waals surface area contributed by atoms with Gasteiger partial charge in [-0.15, -0.1) is 5.10 Å². The minimum Gasteiger partial charge on any atom is -0.395 e. The van der Waals surface area contributed by atoms with E-state index in [1.807, 2.05) is 19.1 Å². The van der Waals surface area contributed by atoms with Crippen LogP contribution in [0, 0.1) is 6.92 Å². The Hall–Kier alpha value is -3.07. The number of nitrogens with zero attached hydrogens (tertiary/aromatic N) is 6. The number of rotatable bonds is 7. The molecule has 0 aliphatic carbocycles. The highest BCUT2D eigenvalue weighted by Gasteiger charge is 2.16. The van der Waals surface area contributed by atoms with Crippen molar-refractivity contribution >= 4 is 5.91 Å². The summed E-state index contributed by atoms with van der Waals surface area (Å²) in [5, 5.41) is 20.3. The normalized spacial score (nSPS) is 10.8. The average molecular weight is 341 g/mol. The van der Waals surface area contributed by atoms with E-state index in [1.54, 1.807) is 27.9 Å². The fourth-order valence-electron chi connectivity index (χ4n) is 2.51. The first-order chi connectivity index (χ1) is 12.2. The molecule has 130 valence electrons. The van der Waals surface area contributed by atoms with Gasteiger partial charge in [0, 0.05) is 12.1 Å². The van der Waals surface area contributed by atoms with E-state index in [4.69, 9.17) is 0 Å². The van der Waals surface area contributed by atoms with Gasteiger partial charge in [0.2, 0.25) is 0 Å².